The Bertz CT molecular complexity index is 364. The van der Waals surface area contributed by atoms with Gasteiger partial charge in [-0.1, -0.05) is 26.2 Å². The molecule has 1 atom stereocenters. The Morgan fingerprint density at radius 2 is 2.11 bits per heavy atom. The van der Waals surface area contributed by atoms with E-state index in [1.165, 1.54) is 32.1 Å². The van der Waals surface area contributed by atoms with Gasteiger partial charge in [0.05, 0.1) is 5.69 Å². The van der Waals surface area contributed by atoms with Gasteiger partial charge in [0.2, 0.25) is 5.95 Å². The van der Waals surface area contributed by atoms with Crippen LogP contribution in [0.3, 0.4) is 0 Å². The predicted molar refractivity (Wildman–Crippen MR) is 76.9 cm³/mol. The van der Waals surface area contributed by atoms with Crippen molar-refractivity contribution in [3.8, 4) is 0 Å². The first-order valence-electron chi connectivity index (χ1n) is 7.51. The fourth-order valence-electron chi connectivity index (χ4n) is 3.03. The fourth-order valence-corrected chi connectivity index (χ4v) is 3.03. The van der Waals surface area contributed by atoms with Crippen molar-refractivity contribution < 1.29 is 0 Å². The lowest BCUT2D eigenvalue weighted by Crippen LogP contribution is -2.29. The zero-order chi connectivity index (χ0) is 13.0. The summed E-state index contributed by atoms with van der Waals surface area (Å²) >= 11 is 0. The van der Waals surface area contributed by atoms with E-state index in [0.717, 1.165) is 30.5 Å². The molecule has 1 aromatic rings. The van der Waals surface area contributed by atoms with E-state index in [1.54, 1.807) is 0 Å². The van der Waals surface area contributed by atoms with Crippen molar-refractivity contribution in [1.82, 2.24) is 9.55 Å². The Labute approximate surface area is 111 Å². The van der Waals surface area contributed by atoms with E-state index in [1.807, 2.05) is 0 Å². The number of rotatable bonds is 5. The van der Waals surface area contributed by atoms with Crippen molar-refractivity contribution in [3.05, 3.63) is 11.9 Å². The van der Waals surface area contributed by atoms with Gasteiger partial charge >= 0.3 is 0 Å². The molecule has 0 bridgehead atoms. The van der Waals surface area contributed by atoms with Crippen LogP contribution < -0.4 is 5.32 Å². The smallest absolute Gasteiger partial charge is 0.203 e. The van der Waals surface area contributed by atoms with Crippen LogP contribution in [0.25, 0.3) is 0 Å². The molecule has 1 aliphatic carbocycles. The minimum Gasteiger partial charge on any atom is -0.353 e. The Morgan fingerprint density at radius 1 is 1.39 bits per heavy atom. The van der Waals surface area contributed by atoms with Crippen molar-refractivity contribution in [1.29, 1.82) is 0 Å². The third kappa shape index (κ3) is 3.27. The van der Waals surface area contributed by atoms with Crippen molar-refractivity contribution in [2.75, 3.05) is 5.32 Å². The topological polar surface area (TPSA) is 29.9 Å². The van der Waals surface area contributed by atoms with E-state index >= 15 is 0 Å². The van der Waals surface area contributed by atoms with Crippen LogP contribution in [0, 0.1) is 12.8 Å². The Kier molecular flexibility index (Phi) is 4.67. The molecule has 0 radical (unpaired) electrons. The average Bonchev–Trinajstić information content (AvgIpc) is 2.71. The van der Waals surface area contributed by atoms with E-state index in [0.29, 0.717) is 6.04 Å². The third-order valence-electron chi connectivity index (χ3n) is 4.08. The van der Waals surface area contributed by atoms with Crippen LogP contribution in [-0.4, -0.2) is 15.6 Å². The van der Waals surface area contributed by atoms with Crippen molar-refractivity contribution in [2.24, 2.45) is 5.92 Å². The number of nitrogens with zero attached hydrogens (tertiary/aromatic N) is 2. The van der Waals surface area contributed by atoms with Crippen LogP contribution in [0.5, 0.6) is 0 Å². The lowest BCUT2D eigenvalue weighted by Gasteiger charge is -2.28. The van der Waals surface area contributed by atoms with Gasteiger partial charge in [-0.2, -0.15) is 0 Å². The highest BCUT2D eigenvalue weighted by Crippen LogP contribution is 2.27. The van der Waals surface area contributed by atoms with Crippen LogP contribution >= 0.6 is 0 Å². The quantitative estimate of drug-likeness (QED) is 0.855. The summed E-state index contributed by atoms with van der Waals surface area (Å²) in [4.78, 5) is 4.62. The molecule has 1 saturated carbocycles. The number of hydrogen-bond acceptors (Lipinski definition) is 2. The second kappa shape index (κ2) is 6.26. The number of imidazole rings is 1. The molecular weight excluding hydrogens is 222 g/mol. The lowest BCUT2D eigenvalue weighted by atomic mass is 9.85. The Balaban J connectivity index is 1.98. The summed E-state index contributed by atoms with van der Waals surface area (Å²) in [7, 11) is 0. The molecule has 3 heteroatoms. The van der Waals surface area contributed by atoms with Crippen LogP contribution in [0.15, 0.2) is 6.20 Å². The summed E-state index contributed by atoms with van der Waals surface area (Å²) in [6.07, 6.45) is 10.3. The first-order chi connectivity index (χ1) is 8.70. The highest BCUT2D eigenvalue weighted by Gasteiger charge is 2.21. The number of anilines is 1. The van der Waals surface area contributed by atoms with Gasteiger partial charge in [-0.3, -0.25) is 0 Å². The first-order valence-corrected chi connectivity index (χ1v) is 7.51. The SMILES string of the molecule is CCCn1cc(C)nc1NC(C)C1CCCCC1. The standard InChI is InChI=1S/C15H27N3/c1-4-10-18-11-12(2)16-15(18)17-13(3)14-8-6-5-7-9-14/h11,13-14H,4-10H2,1-3H3,(H,16,17). The summed E-state index contributed by atoms with van der Waals surface area (Å²) in [5.41, 5.74) is 1.11. The molecule has 1 N–H and O–H groups in total. The molecule has 1 heterocycles. The summed E-state index contributed by atoms with van der Waals surface area (Å²) in [5.74, 6) is 1.89. The van der Waals surface area contributed by atoms with Crippen LogP contribution in [0.4, 0.5) is 5.95 Å². The molecule has 3 nitrogen and oxygen atoms in total. The second-order valence-corrected chi connectivity index (χ2v) is 5.73. The van der Waals surface area contributed by atoms with Crippen molar-refractivity contribution in [3.63, 3.8) is 0 Å². The summed E-state index contributed by atoms with van der Waals surface area (Å²) in [5, 5.41) is 3.64. The average molecular weight is 249 g/mol. The fraction of sp³-hybridized carbons (Fsp3) is 0.800. The number of aryl methyl sites for hydroxylation is 2. The Hall–Kier alpha value is -0.990. The van der Waals surface area contributed by atoms with Gasteiger partial charge in [-0.25, -0.2) is 4.98 Å². The summed E-state index contributed by atoms with van der Waals surface area (Å²) in [6.45, 7) is 7.66. The van der Waals surface area contributed by atoms with Gasteiger partial charge in [0, 0.05) is 18.8 Å². The molecule has 1 aromatic heterocycles. The van der Waals surface area contributed by atoms with E-state index in [-0.39, 0.29) is 0 Å². The molecule has 102 valence electrons. The first kappa shape index (κ1) is 13.4. The van der Waals surface area contributed by atoms with Gasteiger partial charge in [0.25, 0.3) is 0 Å². The molecule has 1 unspecified atom stereocenters. The number of nitrogens with one attached hydrogen (secondary N) is 1. The second-order valence-electron chi connectivity index (χ2n) is 5.73. The summed E-state index contributed by atoms with van der Waals surface area (Å²) in [6, 6.07) is 0.544. The van der Waals surface area contributed by atoms with Gasteiger partial charge in [0.15, 0.2) is 0 Å². The molecule has 0 aliphatic heterocycles. The van der Waals surface area contributed by atoms with Crippen molar-refractivity contribution in [2.45, 2.75) is 71.9 Å². The number of aromatic nitrogens is 2. The molecule has 0 spiro atoms. The number of hydrogen-bond donors (Lipinski definition) is 1. The van der Waals surface area contributed by atoms with E-state index in [2.05, 4.69) is 41.8 Å². The molecular formula is C15H27N3. The van der Waals surface area contributed by atoms with Gasteiger partial charge < -0.3 is 9.88 Å². The van der Waals surface area contributed by atoms with E-state index < -0.39 is 0 Å². The van der Waals surface area contributed by atoms with Gasteiger partial charge in [-0.15, -0.1) is 0 Å². The molecule has 1 fully saturated rings. The normalized spacial score (nSPS) is 18.8. The van der Waals surface area contributed by atoms with Crippen LogP contribution in [0.2, 0.25) is 0 Å². The maximum atomic E-state index is 4.62. The lowest BCUT2D eigenvalue weighted by molar-refractivity contribution is 0.327. The largest absolute Gasteiger partial charge is 0.353 e. The van der Waals surface area contributed by atoms with Crippen LogP contribution in [0.1, 0.15) is 58.1 Å². The molecule has 18 heavy (non-hydrogen) atoms. The minimum absolute atomic E-state index is 0.544. The van der Waals surface area contributed by atoms with Gasteiger partial charge in [-0.05, 0) is 39.0 Å². The van der Waals surface area contributed by atoms with E-state index in [9.17, 15) is 0 Å². The van der Waals surface area contributed by atoms with E-state index in [4.69, 9.17) is 0 Å². The predicted octanol–water partition coefficient (Wildman–Crippen LogP) is 3.98. The molecule has 0 aromatic carbocycles. The molecule has 0 saturated heterocycles. The highest BCUT2D eigenvalue weighted by atomic mass is 15.2. The van der Waals surface area contributed by atoms with Crippen LogP contribution in [-0.2, 0) is 6.54 Å². The molecule has 2 rings (SSSR count). The summed E-state index contributed by atoms with van der Waals surface area (Å²) < 4.78 is 2.26. The molecule has 1 aliphatic rings. The highest BCUT2D eigenvalue weighted by molar-refractivity contribution is 5.30. The maximum Gasteiger partial charge on any atom is 0.203 e. The third-order valence-corrected chi connectivity index (χ3v) is 4.08. The maximum absolute atomic E-state index is 4.62. The Morgan fingerprint density at radius 3 is 2.78 bits per heavy atom. The molecule has 0 amide bonds. The zero-order valence-corrected chi connectivity index (χ0v) is 12.1. The van der Waals surface area contributed by atoms with Gasteiger partial charge in [0.1, 0.15) is 0 Å². The minimum atomic E-state index is 0.544. The monoisotopic (exact) mass is 249 g/mol. The zero-order valence-electron chi connectivity index (χ0n) is 12.1. The van der Waals surface area contributed by atoms with Crippen molar-refractivity contribution >= 4 is 5.95 Å².